The fourth-order valence-corrected chi connectivity index (χ4v) is 3.57. The molecule has 0 radical (unpaired) electrons. The van der Waals surface area contributed by atoms with Gasteiger partial charge in [-0.25, -0.2) is 4.79 Å². The Kier molecular flexibility index (Phi) is 6.12. The van der Waals surface area contributed by atoms with Crippen LogP contribution in [-0.2, 0) is 0 Å². The number of rotatable bonds is 5. The summed E-state index contributed by atoms with van der Waals surface area (Å²) in [5.41, 5.74) is 0.864. The first kappa shape index (κ1) is 18.7. The van der Waals surface area contributed by atoms with E-state index in [-0.39, 0.29) is 6.03 Å². The van der Waals surface area contributed by atoms with E-state index in [4.69, 9.17) is 0 Å². The molecule has 5 nitrogen and oxygen atoms in total. The minimum Gasteiger partial charge on any atom is -0.326 e. The van der Waals surface area contributed by atoms with E-state index in [1.54, 1.807) is 4.90 Å². The highest BCUT2D eigenvalue weighted by atomic mass is 16.2. The van der Waals surface area contributed by atoms with Crippen LogP contribution in [0.25, 0.3) is 10.8 Å². The van der Waals surface area contributed by atoms with Crippen LogP contribution in [0, 0.1) is 0 Å². The van der Waals surface area contributed by atoms with Gasteiger partial charge in [-0.15, -0.1) is 0 Å². The number of carbonyl (C=O) groups excluding carboxylic acids is 1. The zero-order chi connectivity index (χ0) is 18.5. The molecule has 0 spiro atoms. The predicted molar refractivity (Wildman–Crippen MR) is 109 cm³/mol. The van der Waals surface area contributed by atoms with E-state index in [1.807, 2.05) is 37.4 Å². The summed E-state index contributed by atoms with van der Waals surface area (Å²) in [6, 6.07) is 14.7. The highest BCUT2D eigenvalue weighted by Gasteiger charge is 2.21. The fourth-order valence-electron chi connectivity index (χ4n) is 3.57. The topological polar surface area (TPSA) is 38.8 Å². The molecule has 26 heavy (non-hydrogen) atoms. The van der Waals surface area contributed by atoms with E-state index >= 15 is 0 Å². The van der Waals surface area contributed by atoms with Crippen molar-refractivity contribution in [2.24, 2.45) is 0 Å². The van der Waals surface area contributed by atoms with Gasteiger partial charge < -0.3 is 20.0 Å². The Balaban J connectivity index is 1.53. The number of likely N-dealkylation sites (N-methyl/N-ethyl adjacent to an activating group) is 2. The Morgan fingerprint density at radius 2 is 1.77 bits per heavy atom. The van der Waals surface area contributed by atoms with Crippen molar-refractivity contribution in [1.82, 2.24) is 14.7 Å². The molecule has 0 bridgehead atoms. The molecule has 1 fully saturated rings. The predicted octanol–water partition coefficient (Wildman–Crippen LogP) is 3.33. The molecule has 0 atom stereocenters. The summed E-state index contributed by atoms with van der Waals surface area (Å²) in [4.78, 5) is 19.1. The molecule has 0 saturated carbocycles. The lowest BCUT2D eigenvalue weighted by Gasteiger charge is -2.35. The lowest BCUT2D eigenvalue weighted by molar-refractivity contribution is 0.136. The zero-order valence-electron chi connectivity index (χ0n) is 16.1. The molecular weight excluding hydrogens is 324 g/mol. The lowest BCUT2D eigenvalue weighted by Crippen LogP contribution is -2.45. The van der Waals surface area contributed by atoms with Gasteiger partial charge in [-0.3, -0.25) is 0 Å². The number of amides is 2. The number of nitrogens with one attached hydrogen (secondary N) is 1. The molecule has 5 heteroatoms. The lowest BCUT2D eigenvalue weighted by atomic mass is 10.0. The van der Waals surface area contributed by atoms with Crippen molar-refractivity contribution >= 4 is 22.5 Å². The summed E-state index contributed by atoms with van der Waals surface area (Å²) in [5.74, 6) is 0. The van der Waals surface area contributed by atoms with Crippen LogP contribution in [0.15, 0.2) is 42.5 Å². The number of fused-ring (bicyclic) bond motifs is 1. The number of likely N-dealkylation sites (tertiary alicyclic amines) is 1. The summed E-state index contributed by atoms with van der Waals surface area (Å²) in [5, 5.41) is 5.26. The number of benzene rings is 2. The van der Waals surface area contributed by atoms with E-state index in [0.717, 1.165) is 42.6 Å². The number of nitrogens with zero attached hydrogens (tertiary/aromatic N) is 3. The van der Waals surface area contributed by atoms with Crippen LogP contribution in [0.3, 0.4) is 0 Å². The second-order valence-electron chi connectivity index (χ2n) is 7.39. The number of carbonyl (C=O) groups is 1. The highest BCUT2D eigenvalue weighted by molar-refractivity contribution is 6.01. The summed E-state index contributed by atoms with van der Waals surface area (Å²) in [6.07, 6.45) is 2.41. The Morgan fingerprint density at radius 1 is 1.08 bits per heavy atom. The maximum atomic E-state index is 12.6. The molecule has 0 unspecified atom stereocenters. The summed E-state index contributed by atoms with van der Waals surface area (Å²) in [7, 11) is 6.22. The maximum absolute atomic E-state index is 12.6. The molecular formula is C21H30N4O. The van der Waals surface area contributed by atoms with Crippen molar-refractivity contribution in [1.29, 1.82) is 0 Å². The van der Waals surface area contributed by atoms with Gasteiger partial charge in [0.2, 0.25) is 0 Å². The summed E-state index contributed by atoms with van der Waals surface area (Å²) >= 11 is 0. The van der Waals surface area contributed by atoms with Crippen molar-refractivity contribution in [3.8, 4) is 0 Å². The van der Waals surface area contributed by atoms with Crippen molar-refractivity contribution in [3.05, 3.63) is 42.5 Å². The van der Waals surface area contributed by atoms with Gasteiger partial charge in [0.05, 0.1) is 5.69 Å². The number of urea groups is 1. The van der Waals surface area contributed by atoms with Gasteiger partial charge in [0.1, 0.15) is 0 Å². The van der Waals surface area contributed by atoms with Gasteiger partial charge >= 0.3 is 6.03 Å². The third kappa shape index (κ3) is 4.54. The van der Waals surface area contributed by atoms with Crippen molar-refractivity contribution in [2.45, 2.75) is 18.9 Å². The smallest absolute Gasteiger partial charge is 0.321 e. The van der Waals surface area contributed by atoms with Gasteiger partial charge in [-0.1, -0.05) is 36.4 Å². The first-order chi connectivity index (χ1) is 12.5. The Hall–Kier alpha value is -2.11. The van der Waals surface area contributed by atoms with Crippen LogP contribution in [0.4, 0.5) is 10.5 Å². The number of piperidine rings is 1. The molecule has 1 N–H and O–H groups in total. The molecule has 3 rings (SSSR count). The molecule has 0 aliphatic carbocycles. The molecule has 2 amide bonds. The first-order valence-corrected chi connectivity index (χ1v) is 9.43. The van der Waals surface area contributed by atoms with Crippen molar-refractivity contribution in [3.63, 3.8) is 0 Å². The van der Waals surface area contributed by atoms with Gasteiger partial charge in [-0.2, -0.15) is 0 Å². The Labute approximate surface area is 156 Å². The van der Waals surface area contributed by atoms with Crippen LogP contribution in [0.1, 0.15) is 12.8 Å². The first-order valence-electron chi connectivity index (χ1n) is 9.43. The normalized spacial score (nSPS) is 16.2. The van der Waals surface area contributed by atoms with E-state index in [1.165, 1.54) is 12.8 Å². The molecule has 1 aliphatic heterocycles. The maximum Gasteiger partial charge on any atom is 0.321 e. The average Bonchev–Trinajstić information content (AvgIpc) is 2.66. The largest absolute Gasteiger partial charge is 0.326 e. The SMILES string of the molecule is CN1CCC(N(C)CCN(C)C(=O)Nc2cccc3ccccc23)CC1. The monoisotopic (exact) mass is 354 g/mol. The van der Waals surface area contributed by atoms with E-state index in [0.29, 0.717) is 6.04 Å². The highest BCUT2D eigenvalue weighted by Crippen LogP contribution is 2.23. The number of hydrogen-bond donors (Lipinski definition) is 1. The molecule has 2 aromatic carbocycles. The van der Waals surface area contributed by atoms with Crippen LogP contribution in [0.5, 0.6) is 0 Å². The van der Waals surface area contributed by atoms with Crippen molar-refractivity contribution < 1.29 is 4.79 Å². The Morgan fingerprint density at radius 3 is 2.54 bits per heavy atom. The molecule has 2 aromatic rings. The van der Waals surface area contributed by atoms with E-state index in [2.05, 4.69) is 41.3 Å². The molecule has 0 aromatic heterocycles. The average molecular weight is 354 g/mol. The Bertz CT molecular complexity index is 734. The van der Waals surface area contributed by atoms with E-state index < -0.39 is 0 Å². The third-order valence-electron chi connectivity index (χ3n) is 5.48. The molecule has 1 saturated heterocycles. The second kappa shape index (κ2) is 8.52. The zero-order valence-corrected chi connectivity index (χ0v) is 16.1. The van der Waals surface area contributed by atoms with Gasteiger partial charge in [0, 0.05) is 31.6 Å². The number of hydrogen-bond acceptors (Lipinski definition) is 3. The van der Waals surface area contributed by atoms with Crippen LogP contribution in [0.2, 0.25) is 0 Å². The van der Waals surface area contributed by atoms with Crippen LogP contribution >= 0.6 is 0 Å². The molecule has 1 aliphatic rings. The quantitative estimate of drug-likeness (QED) is 0.895. The summed E-state index contributed by atoms with van der Waals surface area (Å²) in [6.45, 7) is 3.94. The van der Waals surface area contributed by atoms with E-state index in [9.17, 15) is 4.79 Å². The molecule has 140 valence electrons. The second-order valence-corrected chi connectivity index (χ2v) is 7.39. The summed E-state index contributed by atoms with van der Waals surface area (Å²) < 4.78 is 0. The van der Waals surface area contributed by atoms with Crippen LogP contribution < -0.4 is 5.32 Å². The van der Waals surface area contributed by atoms with Gasteiger partial charge in [0.15, 0.2) is 0 Å². The fraction of sp³-hybridized carbons (Fsp3) is 0.476. The van der Waals surface area contributed by atoms with Crippen molar-refractivity contribution in [2.75, 3.05) is 52.6 Å². The van der Waals surface area contributed by atoms with Gasteiger partial charge in [-0.05, 0) is 51.5 Å². The number of anilines is 1. The van der Waals surface area contributed by atoms with Gasteiger partial charge in [0.25, 0.3) is 0 Å². The third-order valence-corrected chi connectivity index (χ3v) is 5.48. The minimum atomic E-state index is -0.0573. The van der Waals surface area contributed by atoms with Crippen LogP contribution in [-0.4, -0.2) is 74.1 Å². The minimum absolute atomic E-state index is 0.0573. The molecule has 1 heterocycles. The standard InChI is InChI=1S/C21H30N4O/c1-23-13-11-18(12-14-23)24(2)15-16-25(3)21(26)22-20-10-6-8-17-7-4-5-9-19(17)20/h4-10,18H,11-16H2,1-3H3,(H,22,26).